The summed E-state index contributed by atoms with van der Waals surface area (Å²) in [5.41, 5.74) is 1.30. The number of ketones is 1. The topological polar surface area (TPSA) is 113 Å². The van der Waals surface area contributed by atoms with Gasteiger partial charge in [-0.05, 0) is 148 Å². The van der Waals surface area contributed by atoms with Crippen LogP contribution in [-0.2, 0) is 35.2 Å². The molecule has 60 heavy (non-hydrogen) atoms. The zero-order valence-corrected chi connectivity index (χ0v) is 39.6. The van der Waals surface area contributed by atoms with E-state index in [0.717, 1.165) is 75.6 Å². The number of carboxylic acid groups (broad SMARTS) is 1. The number of aliphatic carboxylic acids is 1. The summed E-state index contributed by atoms with van der Waals surface area (Å²) in [6, 6.07) is 7.98. The maximum atomic E-state index is 14.6. The highest BCUT2D eigenvalue weighted by molar-refractivity contribution is 6.30. The molecule has 5 aliphatic rings. The highest BCUT2D eigenvalue weighted by Crippen LogP contribution is 2.77. The van der Waals surface area contributed by atoms with E-state index in [1.54, 1.807) is 13.8 Å². The Hall–Kier alpha value is -2.75. The van der Waals surface area contributed by atoms with Crippen LogP contribution in [0.1, 0.15) is 139 Å². The van der Waals surface area contributed by atoms with Gasteiger partial charge in [-0.25, -0.2) is 0 Å². The lowest BCUT2D eigenvalue weighted by Crippen LogP contribution is -2.66. The van der Waals surface area contributed by atoms with E-state index in [1.807, 2.05) is 18.2 Å². The maximum absolute atomic E-state index is 14.6. The first kappa shape index (κ1) is 46.7. The summed E-state index contributed by atoms with van der Waals surface area (Å²) >= 11 is 6.46. The summed E-state index contributed by atoms with van der Waals surface area (Å²) in [7, 11) is 4.15. The van der Waals surface area contributed by atoms with Gasteiger partial charge < -0.3 is 19.5 Å². The van der Waals surface area contributed by atoms with Crippen molar-refractivity contribution in [3.63, 3.8) is 0 Å². The molecule has 1 aromatic rings. The molecule has 10 heteroatoms. The number of hydrogen-bond donors (Lipinski definition) is 1. The number of carbonyl (C=O) groups excluding carboxylic acids is 3. The summed E-state index contributed by atoms with van der Waals surface area (Å²) in [5, 5.41) is 10.4. The van der Waals surface area contributed by atoms with Gasteiger partial charge in [-0.3, -0.25) is 24.1 Å². The van der Waals surface area contributed by atoms with Crippen molar-refractivity contribution in [2.24, 2.45) is 56.2 Å². The molecule has 0 amide bonds. The molecular weight excluding hydrogens is 776 g/mol. The average molecular weight is 852 g/mol. The Kier molecular flexibility index (Phi) is 13.0. The number of carbonyl (C=O) groups is 4. The summed E-state index contributed by atoms with van der Waals surface area (Å²) in [6.45, 7) is 24.0. The first-order valence-corrected chi connectivity index (χ1v) is 23.2. The Labute approximate surface area is 365 Å². The molecule has 0 spiro atoms. The number of carboxylic acids is 1. The Bertz CT molecular complexity index is 1870. The van der Waals surface area contributed by atoms with Crippen molar-refractivity contribution < 1.29 is 33.8 Å². The fraction of sp³-hybridized carbons (Fsp3) is 0.760. The van der Waals surface area contributed by atoms with Crippen molar-refractivity contribution in [1.29, 1.82) is 0 Å². The Morgan fingerprint density at radius 3 is 2.25 bits per heavy atom. The summed E-state index contributed by atoms with van der Waals surface area (Å²) in [6.07, 6.45) is 7.08. The minimum atomic E-state index is -1.18. The van der Waals surface area contributed by atoms with Gasteiger partial charge in [-0.2, -0.15) is 0 Å². The van der Waals surface area contributed by atoms with E-state index < -0.39 is 28.9 Å². The largest absolute Gasteiger partial charge is 0.481 e. The number of Topliss-reactive ketones (excluding diaryl/α,β-unsaturated/α-hetero) is 1. The number of likely N-dealkylation sites (N-methyl/N-ethyl adjacent to an activating group) is 1. The fourth-order valence-electron chi connectivity index (χ4n) is 14.1. The van der Waals surface area contributed by atoms with Crippen molar-refractivity contribution in [3.05, 3.63) is 46.0 Å². The van der Waals surface area contributed by atoms with Crippen LogP contribution in [0.3, 0.4) is 0 Å². The van der Waals surface area contributed by atoms with Crippen LogP contribution >= 0.6 is 11.6 Å². The molecular formula is C50H75ClN2O7. The summed E-state index contributed by atoms with van der Waals surface area (Å²) < 4.78 is 12.7. The van der Waals surface area contributed by atoms with Crippen molar-refractivity contribution >= 4 is 35.3 Å². The summed E-state index contributed by atoms with van der Waals surface area (Å²) in [5.74, 6) is -0.472. The van der Waals surface area contributed by atoms with E-state index >= 15 is 0 Å². The van der Waals surface area contributed by atoms with Crippen LogP contribution in [0, 0.1) is 56.2 Å². The molecule has 4 fully saturated rings. The van der Waals surface area contributed by atoms with Crippen molar-refractivity contribution in [2.75, 3.05) is 33.7 Å². The minimum absolute atomic E-state index is 0.000408. The van der Waals surface area contributed by atoms with Crippen LogP contribution in [0.5, 0.6) is 0 Å². The van der Waals surface area contributed by atoms with E-state index in [9.17, 15) is 24.3 Å². The molecule has 0 radical (unpaired) electrons. The molecule has 0 aromatic heterocycles. The van der Waals surface area contributed by atoms with E-state index in [1.165, 1.54) is 12.5 Å². The van der Waals surface area contributed by atoms with Crippen LogP contribution in [0.25, 0.3) is 0 Å². The number of rotatable bonds is 14. The van der Waals surface area contributed by atoms with Crippen LogP contribution in [0.2, 0.25) is 5.02 Å². The van der Waals surface area contributed by atoms with Gasteiger partial charge in [0.25, 0.3) is 0 Å². The molecule has 0 heterocycles. The third-order valence-electron chi connectivity index (χ3n) is 17.4. The van der Waals surface area contributed by atoms with Gasteiger partial charge in [0.05, 0.1) is 11.8 Å². The first-order valence-electron chi connectivity index (χ1n) is 22.8. The Morgan fingerprint density at radius 2 is 1.63 bits per heavy atom. The number of esters is 2. The zero-order chi connectivity index (χ0) is 44.4. The third kappa shape index (κ3) is 8.15. The lowest BCUT2D eigenvalue weighted by Gasteiger charge is -2.72. The van der Waals surface area contributed by atoms with Crippen LogP contribution in [0.15, 0.2) is 35.4 Å². The number of nitrogens with zero attached hydrogens (tertiary/aromatic N) is 2. The van der Waals surface area contributed by atoms with Gasteiger partial charge in [0.15, 0.2) is 5.78 Å². The molecule has 0 bridgehead atoms. The van der Waals surface area contributed by atoms with Crippen LogP contribution in [0.4, 0.5) is 0 Å². The molecule has 0 unspecified atom stereocenters. The molecule has 6 rings (SSSR count). The molecule has 0 saturated heterocycles. The van der Waals surface area contributed by atoms with E-state index in [4.69, 9.17) is 21.1 Å². The number of benzene rings is 1. The monoisotopic (exact) mass is 851 g/mol. The number of ether oxygens (including phenoxy) is 2. The second-order valence-corrected chi connectivity index (χ2v) is 22.8. The average Bonchev–Trinajstić information content (AvgIpc) is 3.44. The van der Waals surface area contributed by atoms with Crippen LogP contribution < -0.4 is 0 Å². The quantitative estimate of drug-likeness (QED) is 0.183. The second kappa shape index (κ2) is 16.7. The highest BCUT2D eigenvalue weighted by atomic mass is 35.5. The molecule has 0 aliphatic heterocycles. The van der Waals surface area contributed by atoms with Gasteiger partial charge >= 0.3 is 17.9 Å². The first-order chi connectivity index (χ1) is 27.8. The smallest absolute Gasteiger partial charge is 0.309 e. The van der Waals surface area contributed by atoms with Crippen molar-refractivity contribution in [3.8, 4) is 0 Å². The molecule has 9 nitrogen and oxygen atoms in total. The minimum Gasteiger partial charge on any atom is -0.481 e. The predicted octanol–water partition coefficient (Wildman–Crippen LogP) is 10.0. The number of hydrogen-bond acceptors (Lipinski definition) is 8. The summed E-state index contributed by atoms with van der Waals surface area (Å²) in [4.78, 5) is 57.4. The predicted molar refractivity (Wildman–Crippen MR) is 236 cm³/mol. The van der Waals surface area contributed by atoms with Gasteiger partial charge in [0.2, 0.25) is 0 Å². The van der Waals surface area contributed by atoms with E-state index in [0.29, 0.717) is 36.4 Å². The lowest BCUT2D eigenvalue weighted by atomic mass is 9.33. The van der Waals surface area contributed by atoms with Gasteiger partial charge in [0.1, 0.15) is 12.2 Å². The van der Waals surface area contributed by atoms with Crippen LogP contribution in [-0.4, -0.2) is 84.5 Å². The SMILES string of the molecule is CC(=O)O[C@@H](CN(CCN(C)C)Cc1cccc(Cl)c1)[C@]12CC[C@]3(C)[C@H](CC[C@@H]4[C@@]5(C)CC[C@H](OC(=O)CC(C)(C)C(=O)O)C(C)(C)[C@@H]5CC[C@]43C)C1=C(C(C)C)C(=O)C2. The molecule has 9 atom stereocenters. The van der Waals surface area contributed by atoms with Gasteiger partial charge in [0, 0.05) is 55.4 Å². The Morgan fingerprint density at radius 1 is 0.933 bits per heavy atom. The van der Waals surface area contributed by atoms with Crippen molar-refractivity contribution in [2.45, 2.75) is 152 Å². The lowest BCUT2D eigenvalue weighted by molar-refractivity contribution is -0.235. The molecule has 5 aliphatic carbocycles. The molecule has 1 N–H and O–H groups in total. The maximum Gasteiger partial charge on any atom is 0.309 e. The van der Waals surface area contributed by atoms with E-state index in [-0.39, 0.29) is 57.8 Å². The Balaban J connectivity index is 1.34. The standard InChI is InChI=1S/C50H75ClN2O7/c1-31(2)42-36(55)27-50(40(59-32(3)54)30-53(25-24-52(11)12)29-33-14-13-15-34(51)26-33)23-22-48(9)35(43(42)50)16-17-38-47(8)20-19-39(60-41(56)28-45(4,5)44(57)58)46(6,7)37(47)18-21-49(38,48)10/h13-15,26,31,35,37-40H,16-25,27-30H2,1-12H3,(H,57,58)/t35-,37+,38-,39+,40+,47+,48-,49-,50-/m1/s1. The number of fused-ring (bicyclic) bond motifs is 7. The molecule has 1 aromatic carbocycles. The molecule has 4 saturated carbocycles. The van der Waals surface area contributed by atoms with Crippen molar-refractivity contribution in [1.82, 2.24) is 9.80 Å². The van der Waals surface area contributed by atoms with E-state index in [2.05, 4.69) is 78.4 Å². The normalized spacial score (nSPS) is 34.2. The van der Waals surface area contributed by atoms with Gasteiger partial charge in [-0.15, -0.1) is 0 Å². The number of halogens is 1. The fourth-order valence-corrected chi connectivity index (χ4v) is 14.3. The highest BCUT2D eigenvalue weighted by Gasteiger charge is 2.71. The second-order valence-electron chi connectivity index (χ2n) is 22.3. The van der Waals surface area contributed by atoms with Gasteiger partial charge in [-0.1, -0.05) is 72.2 Å². The zero-order valence-electron chi connectivity index (χ0n) is 38.8. The molecule has 334 valence electrons. The third-order valence-corrected chi connectivity index (χ3v) is 17.6. The number of allylic oxidation sites excluding steroid dienone is 1.